The highest BCUT2D eigenvalue weighted by Crippen LogP contribution is 2.57. The first-order valence-corrected chi connectivity index (χ1v) is 9.21. The zero-order valence-corrected chi connectivity index (χ0v) is 15.6. The molecular formula is C20H19ClN4O2. The van der Waals surface area contributed by atoms with Crippen molar-refractivity contribution in [2.24, 2.45) is 5.92 Å². The monoisotopic (exact) mass is 382 g/mol. The molecule has 0 saturated heterocycles. The van der Waals surface area contributed by atoms with Crippen molar-refractivity contribution in [1.29, 1.82) is 0 Å². The van der Waals surface area contributed by atoms with E-state index in [-0.39, 0.29) is 17.2 Å². The lowest BCUT2D eigenvalue weighted by Gasteiger charge is -2.17. The van der Waals surface area contributed by atoms with E-state index < -0.39 is 0 Å². The third kappa shape index (κ3) is 3.71. The van der Waals surface area contributed by atoms with Crippen molar-refractivity contribution >= 4 is 23.3 Å². The highest BCUT2D eigenvalue weighted by atomic mass is 35.5. The molecule has 2 unspecified atom stereocenters. The standard InChI is InChI=1S/C20H19ClN4O2/c1-13-24-25-18(27-13)9-10-20(14-5-3-2-4-6-14)11-16(20)19(26)23-17-8-7-15(21)12-22-17/h2-8,12,16H,9-11H2,1H3,(H,22,23,26). The number of nitrogens with one attached hydrogen (secondary N) is 1. The third-order valence-electron chi connectivity index (χ3n) is 5.07. The Bertz CT molecular complexity index is 942. The van der Waals surface area contributed by atoms with Crippen molar-refractivity contribution < 1.29 is 9.21 Å². The Balaban J connectivity index is 1.51. The van der Waals surface area contributed by atoms with Gasteiger partial charge in [0.25, 0.3) is 0 Å². The van der Waals surface area contributed by atoms with Crippen LogP contribution in [0.5, 0.6) is 0 Å². The van der Waals surface area contributed by atoms with Crippen molar-refractivity contribution in [3.05, 3.63) is 71.0 Å². The van der Waals surface area contributed by atoms with Crippen molar-refractivity contribution in [2.75, 3.05) is 5.32 Å². The van der Waals surface area contributed by atoms with Gasteiger partial charge in [-0.15, -0.1) is 10.2 Å². The SMILES string of the molecule is Cc1nnc(CCC2(c3ccccc3)CC2C(=O)Nc2ccc(Cl)cn2)o1. The number of hydrogen-bond acceptors (Lipinski definition) is 5. The van der Waals surface area contributed by atoms with E-state index in [1.165, 1.54) is 6.20 Å². The normalized spacial score (nSPS) is 21.0. The van der Waals surface area contributed by atoms with Crippen LogP contribution in [-0.4, -0.2) is 21.1 Å². The topological polar surface area (TPSA) is 80.9 Å². The summed E-state index contributed by atoms with van der Waals surface area (Å²) in [6.07, 6.45) is 3.71. The first-order chi connectivity index (χ1) is 13.1. The lowest BCUT2D eigenvalue weighted by molar-refractivity contribution is -0.117. The number of aryl methyl sites for hydroxylation is 2. The molecule has 2 atom stereocenters. The Morgan fingerprint density at radius 3 is 2.74 bits per heavy atom. The number of nitrogens with zero attached hydrogens (tertiary/aromatic N) is 3. The quantitative estimate of drug-likeness (QED) is 0.698. The van der Waals surface area contributed by atoms with Gasteiger partial charge in [0.15, 0.2) is 0 Å². The van der Waals surface area contributed by atoms with E-state index in [0.717, 1.165) is 18.4 Å². The predicted molar refractivity (Wildman–Crippen MR) is 101 cm³/mol. The summed E-state index contributed by atoms with van der Waals surface area (Å²) in [7, 11) is 0. The molecule has 1 aromatic carbocycles. The predicted octanol–water partition coefficient (Wildman–Crippen LogP) is 3.96. The van der Waals surface area contributed by atoms with Gasteiger partial charge in [-0.25, -0.2) is 4.98 Å². The molecule has 2 heterocycles. The molecule has 6 nitrogen and oxygen atoms in total. The Labute approximate surface area is 162 Å². The Kier molecular flexibility index (Phi) is 4.66. The molecule has 0 spiro atoms. The maximum absolute atomic E-state index is 12.8. The van der Waals surface area contributed by atoms with E-state index >= 15 is 0 Å². The molecule has 1 saturated carbocycles. The van der Waals surface area contributed by atoms with E-state index in [0.29, 0.717) is 29.0 Å². The van der Waals surface area contributed by atoms with E-state index in [1.54, 1.807) is 19.1 Å². The zero-order chi connectivity index (χ0) is 18.9. The third-order valence-corrected chi connectivity index (χ3v) is 5.30. The fraction of sp³-hybridized carbons (Fsp3) is 0.300. The summed E-state index contributed by atoms with van der Waals surface area (Å²) in [5.74, 6) is 1.51. The molecule has 4 rings (SSSR count). The van der Waals surface area contributed by atoms with Gasteiger partial charge in [-0.3, -0.25) is 4.79 Å². The average Bonchev–Trinajstić information content (AvgIpc) is 3.29. The number of anilines is 1. The second-order valence-corrected chi connectivity index (χ2v) is 7.28. The minimum absolute atomic E-state index is 0.0321. The molecular weight excluding hydrogens is 364 g/mol. The second-order valence-electron chi connectivity index (χ2n) is 6.84. The number of rotatable bonds is 6. The van der Waals surface area contributed by atoms with Gasteiger partial charge >= 0.3 is 0 Å². The van der Waals surface area contributed by atoms with Gasteiger partial charge in [0.05, 0.1) is 5.02 Å². The summed E-state index contributed by atoms with van der Waals surface area (Å²) in [5.41, 5.74) is 0.936. The van der Waals surface area contributed by atoms with Crippen molar-refractivity contribution in [2.45, 2.75) is 31.6 Å². The van der Waals surface area contributed by atoms with E-state index in [9.17, 15) is 4.79 Å². The van der Waals surface area contributed by atoms with Crippen LogP contribution in [0.1, 0.15) is 30.2 Å². The molecule has 0 bridgehead atoms. The zero-order valence-electron chi connectivity index (χ0n) is 14.9. The summed E-state index contributed by atoms with van der Waals surface area (Å²) in [6, 6.07) is 13.5. The molecule has 0 aliphatic heterocycles. The molecule has 1 fully saturated rings. The Morgan fingerprint density at radius 1 is 1.26 bits per heavy atom. The van der Waals surface area contributed by atoms with Crippen LogP contribution in [0.15, 0.2) is 53.1 Å². The number of amides is 1. The smallest absolute Gasteiger partial charge is 0.229 e. The van der Waals surface area contributed by atoms with Crippen LogP contribution < -0.4 is 5.32 Å². The minimum atomic E-state index is -0.222. The maximum Gasteiger partial charge on any atom is 0.229 e. The minimum Gasteiger partial charge on any atom is -0.426 e. The van der Waals surface area contributed by atoms with Gasteiger partial charge < -0.3 is 9.73 Å². The number of hydrogen-bond donors (Lipinski definition) is 1. The van der Waals surface area contributed by atoms with E-state index in [4.69, 9.17) is 16.0 Å². The van der Waals surface area contributed by atoms with Crippen molar-refractivity contribution in [1.82, 2.24) is 15.2 Å². The van der Waals surface area contributed by atoms with Gasteiger partial charge in [0, 0.05) is 30.9 Å². The fourth-order valence-corrected chi connectivity index (χ4v) is 3.70. The van der Waals surface area contributed by atoms with Gasteiger partial charge in [-0.2, -0.15) is 0 Å². The molecule has 1 aliphatic rings. The molecule has 2 aromatic heterocycles. The lowest BCUT2D eigenvalue weighted by Crippen LogP contribution is -2.22. The van der Waals surface area contributed by atoms with Crippen LogP contribution in [0.2, 0.25) is 5.02 Å². The molecule has 3 aromatic rings. The van der Waals surface area contributed by atoms with Crippen LogP contribution in [-0.2, 0) is 16.6 Å². The Morgan fingerprint density at radius 2 is 2.07 bits per heavy atom. The van der Waals surface area contributed by atoms with Crippen molar-refractivity contribution in [3.63, 3.8) is 0 Å². The highest BCUT2D eigenvalue weighted by Gasteiger charge is 2.58. The summed E-state index contributed by atoms with van der Waals surface area (Å²) in [5, 5.41) is 11.4. The number of benzene rings is 1. The number of halogens is 1. The number of carbonyl (C=O) groups is 1. The average molecular weight is 383 g/mol. The molecule has 27 heavy (non-hydrogen) atoms. The van der Waals surface area contributed by atoms with E-state index in [2.05, 4.69) is 32.6 Å². The first kappa shape index (κ1) is 17.7. The lowest BCUT2D eigenvalue weighted by atomic mass is 9.88. The van der Waals surface area contributed by atoms with E-state index in [1.807, 2.05) is 18.2 Å². The summed E-state index contributed by atoms with van der Waals surface area (Å²) < 4.78 is 5.50. The summed E-state index contributed by atoms with van der Waals surface area (Å²) in [6.45, 7) is 1.77. The largest absolute Gasteiger partial charge is 0.426 e. The first-order valence-electron chi connectivity index (χ1n) is 8.84. The summed E-state index contributed by atoms with van der Waals surface area (Å²) in [4.78, 5) is 17.0. The molecule has 7 heteroatoms. The highest BCUT2D eigenvalue weighted by molar-refractivity contribution is 6.30. The fourth-order valence-electron chi connectivity index (χ4n) is 3.59. The molecule has 0 radical (unpaired) electrons. The molecule has 1 amide bonds. The van der Waals surface area contributed by atoms with Crippen LogP contribution >= 0.6 is 11.6 Å². The van der Waals surface area contributed by atoms with Crippen LogP contribution in [0.25, 0.3) is 0 Å². The van der Waals surface area contributed by atoms with Gasteiger partial charge in [0.1, 0.15) is 5.82 Å². The Hall–Kier alpha value is -2.73. The summed E-state index contributed by atoms with van der Waals surface area (Å²) >= 11 is 5.85. The van der Waals surface area contributed by atoms with Crippen LogP contribution in [0.3, 0.4) is 0 Å². The van der Waals surface area contributed by atoms with Crippen molar-refractivity contribution in [3.8, 4) is 0 Å². The van der Waals surface area contributed by atoms with Gasteiger partial charge in [-0.05, 0) is 30.5 Å². The second kappa shape index (κ2) is 7.12. The molecule has 138 valence electrons. The van der Waals surface area contributed by atoms with Gasteiger partial charge in [0.2, 0.25) is 17.7 Å². The van der Waals surface area contributed by atoms with Crippen LogP contribution in [0, 0.1) is 12.8 Å². The van der Waals surface area contributed by atoms with Crippen LogP contribution in [0.4, 0.5) is 5.82 Å². The molecule has 1 aliphatic carbocycles. The van der Waals surface area contributed by atoms with Gasteiger partial charge in [-0.1, -0.05) is 41.9 Å². The number of aromatic nitrogens is 3. The molecule has 1 N–H and O–H groups in total. The number of carbonyl (C=O) groups excluding carboxylic acids is 1. The maximum atomic E-state index is 12.8. The number of pyridine rings is 1.